The highest BCUT2D eigenvalue weighted by molar-refractivity contribution is 5.98. The number of hydrogen-bond acceptors (Lipinski definition) is 2. The quantitative estimate of drug-likeness (QED) is 0.609. The van der Waals surface area contributed by atoms with Crippen molar-refractivity contribution in [3.8, 4) is 0 Å². The predicted octanol–water partition coefficient (Wildman–Crippen LogP) is 4.58. The van der Waals surface area contributed by atoms with Crippen LogP contribution in [0.3, 0.4) is 0 Å². The van der Waals surface area contributed by atoms with E-state index in [4.69, 9.17) is 0 Å². The van der Waals surface area contributed by atoms with Crippen molar-refractivity contribution in [3.05, 3.63) is 72.3 Å². The Bertz CT molecular complexity index is 542. The summed E-state index contributed by atoms with van der Waals surface area (Å²) < 4.78 is 0. The summed E-state index contributed by atoms with van der Waals surface area (Å²) in [4.78, 5) is 0. The number of hydrazone groups is 1. The summed E-state index contributed by atoms with van der Waals surface area (Å²) in [5.74, 6) is 0. The van der Waals surface area contributed by atoms with Crippen LogP contribution in [-0.2, 0) is 0 Å². The van der Waals surface area contributed by atoms with Gasteiger partial charge in [-0.15, -0.1) is 0 Å². The lowest BCUT2D eigenvalue weighted by Crippen LogP contribution is -1.97. The molecular formula is C17H18N2. The minimum atomic E-state index is 0.892. The van der Waals surface area contributed by atoms with Crippen molar-refractivity contribution in [2.45, 2.75) is 13.3 Å². The van der Waals surface area contributed by atoms with Crippen molar-refractivity contribution in [3.63, 3.8) is 0 Å². The summed E-state index contributed by atoms with van der Waals surface area (Å²) >= 11 is 0. The Balaban J connectivity index is 2.02. The summed E-state index contributed by atoms with van der Waals surface area (Å²) in [5, 5.41) is 4.41. The molecule has 0 saturated carbocycles. The molecule has 0 aliphatic rings. The number of allylic oxidation sites excluding steroid dienone is 1. The fraction of sp³-hybridized carbons (Fsp3) is 0.118. The van der Waals surface area contributed by atoms with Crippen LogP contribution < -0.4 is 5.43 Å². The molecule has 96 valence electrons. The van der Waals surface area contributed by atoms with E-state index in [1.807, 2.05) is 54.6 Å². The molecule has 0 aliphatic carbocycles. The zero-order valence-corrected chi connectivity index (χ0v) is 11.1. The molecule has 19 heavy (non-hydrogen) atoms. The highest BCUT2D eigenvalue weighted by Crippen LogP contribution is 2.06. The number of rotatable bonds is 5. The van der Waals surface area contributed by atoms with Gasteiger partial charge in [-0.05, 0) is 30.2 Å². The number of anilines is 1. The lowest BCUT2D eigenvalue weighted by atomic mass is 10.2. The number of para-hydroxylation sites is 1. The molecule has 0 aromatic heterocycles. The second-order valence-electron chi connectivity index (χ2n) is 4.18. The monoisotopic (exact) mass is 250 g/mol. The molecule has 0 unspecified atom stereocenters. The standard InChI is InChI=1S/C17H18N2/c1-2-16(14-13-15-9-5-3-6-10-15)18-19-17-11-7-4-8-12-17/h3-14,19H,2H2,1H3/b14-13-,18-16+. The maximum absolute atomic E-state index is 4.41. The Kier molecular flexibility index (Phi) is 4.94. The molecule has 0 fully saturated rings. The van der Waals surface area contributed by atoms with Crippen molar-refractivity contribution in [1.82, 2.24) is 0 Å². The van der Waals surface area contributed by atoms with Crippen molar-refractivity contribution >= 4 is 17.5 Å². The van der Waals surface area contributed by atoms with Gasteiger partial charge in [0, 0.05) is 0 Å². The Hall–Kier alpha value is -2.35. The van der Waals surface area contributed by atoms with Crippen LogP contribution in [0.25, 0.3) is 6.08 Å². The molecule has 0 saturated heterocycles. The van der Waals surface area contributed by atoms with Gasteiger partial charge in [0.25, 0.3) is 0 Å². The lowest BCUT2D eigenvalue weighted by Gasteiger charge is -2.01. The van der Waals surface area contributed by atoms with Gasteiger partial charge in [-0.2, -0.15) is 5.10 Å². The van der Waals surface area contributed by atoms with E-state index in [-0.39, 0.29) is 0 Å². The van der Waals surface area contributed by atoms with Crippen LogP contribution in [0.2, 0.25) is 0 Å². The van der Waals surface area contributed by atoms with Gasteiger partial charge in [0.15, 0.2) is 0 Å². The first-order chi connectivity index (χ1) is 9.38. The summed E-state index contributed by atoms with van der Waals surface area (Å²) in [6.07, 6.45) is 5.02. The molecule has 2 rings (SSSR count). The lowest BCUT2D eigenvalue weighted by molar-refractivity contribution is 1.23. The fourth-order valence-corrected chi connectivity index (χ4v) is 1.64. The average Bonchev–Trinajstić information content (AvgIpc) is 2.49. The summed E-state index contributed by atoms with van der Waals surface area (Å²) in [6, 6.07) is 20.2. The minimum absolute atomic E-state index is 0.892. The van der Waals surface area contributed by atoms with E-state index in [1.165, 1.54) is 5.56 Å². The topological polar surface area (TPSA) is 24.4 Å². The van der Waals surface area contributed by atoms with Crippen molar-refractivity contribution < 1.29 is 0 Å². The summed E-state index contributed by atoms with van der Waals surface area (Å²) in [7, 11) is 0. The van der Waals surface area contributed by atoms with Crippen molar-refractivity contribution in [2.24, 2.45) is 5.10 Å². The van der Waals surface area contributed by atoms with E-state index in [0.29, 0.717) is 0 Å². The Morgan fingerprint density at radius 2 is 1.63 bits per heavy atom. The highest BCUT2D eigenvalue weighted by Gasteiger charge is 1.92. The first-order valence-corrected chi connectivity index (χ1v) is 6.49. The van der Waals surface area contributed by atoms with Gasteiger partial charge in [0.05, 0.1) is 11.4 Å². The first-order valence-electron chi connectivity index (χ1n) is 6.49. The van der Waals surface area contributed by atoms with Gasteiger partial charge in [-0.3, -0.25) is 5.43 Å². The number of nitrogens with zero attached hydrogens (tertiary/aromatic N) is 1. The van der Waals surface area contributed by atoms with Gasteiger partial charge in [-0.1, -0.05) is 61.5 Å². The Morgan fingerprint density at radius 1 is 1.00 bits per heavy atom. The van der Waals surface area contributed by atoms with E-state index < -0.39 is 0 Å². The van der Waals surface area contributed by atoms with Crippen LogP contribution in [-0.4, -0.2) is 5.71 Å². The van der Waals surface area contributed by atoms with E-state index in [9.17, 15) is 0 Å². The number of nitrogens with one attached hydrogen (secondary N) is 1. The molecule has 1 N–H and O–H groups in total. The molecule has 0 radical (unpaired) electrons. The average molecular weight is 250 g/mol. The van der Waals surface area contributed by atoms with E-state index in [0.717, 1.165) is 17.8 Å². The van der Waals surface area contributed by atoms with Gasteiger partial charge in [-0.25, -0.2) is 0 Å². The van der Waals surface area contributed by atoms with Crippen LogP contribution in [0, 0.1) is 0 Å². The minimum Gasteiger partial charge on any atom is -0.278 e. The predicted molar refractivity (Wildman–Crippen MR) is 83.3 cm³/mol. The largest absolute Gasteiger partial charge is 0.278 e. The highest BCUT2D eigenvalue weighted by atomic mass is 15.3. The van der Waals surface area contributed by atoms with E-state index >= 15 is 0 Å². The molecule has 2 aromatic rings. The second kappa shape index (κ2) is 7.17. The molecule has 2 nitrogen and oxygen atoms in total. The third-order valence-electron chi connectivity index (χ3n) is 2.73. The van der Waals surface area contributed by atoms with Crippen molar-refractivity contribution in [2.75, 3.05) is 5.43 Å². The van der Waals surface area contributed by atoms with Crippen LogP contribution in [0.4, 0.5) is 5.69 Å². The van der Waals surface area contributed by atoms with Crippen LogP contribution in [0.15, 0.2) is 71.8 Å². The Labute approximate surface area is 114 Å². The van der Waals surface area contributed by atoms with Crippen LogP contribution in [0.5, 0.6) is 0 Å². The Morgan fingerprint density at radius 3 is 2.26 bits per heavy atom. The molecule has 0 aliphatic heterocycles. The van der Waals surface area contributed by atoms with Crippen molar-refractivity contribution in [1.29, 1.82) is 0 Å². The third kappa shape index (κ3) is 4.43. The zero-order chi connectivity index (χ0) is 13.3. The number of benzene rings is 2. The summed E-state index contributed by atoms with van der Waals surface area (Å²) in [5.41, 5.74) is 6.27. The van der Waals surface area contributed by atoms with Crippen LogP contribution in [0.1, 0.15) is 18.9 Å². The van der Waals surface area contributed by atoms with E-state index in [2.05, 4.69) is 35.7 Å². The van der Waals surface area contributed by atoms with Gasteiger partial charge in [0.1, 0.15) is 0 Å². The molecule has 0 spiro atoms. The van der Waals surface area contributed by atoms with E-state index in [1.54, 1.807) is 0 Å². The smallest absolute Gasteiger partial charge is 0.0604 e. The fourth-order valence-electron chi connectivity index (χ4n) is 1.64. The number of hydrogen-bond donors (Lipinski definition) is 1. The van der Waals surface area contributed by atoms with Gasteiger partial charge >= 0.3 is 0 Å². The maximum atomic E-state index is 4.41. The third-order valence-corrected chi connectivity index (χ3v) is 2.73. The molecule has 0 amide bonds. The van der Waals surface area contributed by atoms with Crippen LogP contribution >= 0.6 is 0 Å². The molecule has 0 atom stereocenters. The maximum Gasteiger partial charge on any atom is 0.0604 e. The molecule has 2 aromatic carbocycles. The molecule has 0 heterocycles. The first kappa shape index (κ1) is 13.1. The normalized spacial score (nSPS) is 11.7. The molecular weight excluding hydrogens is 232 g/mol. The molecule has 2 heteroatoms. The summed E-state index contributed by atoms with van der Waals surface area (Å²) in [6.45, 7) is 2.10. The zero-order valence-electron chi connectivity index (χ0n) is 11.1. The molecule has 0 bridgehead atoms. The SMILES string of the molecule is CCC(/C=C\c1ccccc1)=N\Nc1ccccc1. The van der Waals surface area contributed by atoms with Gasteiger partial charge < -0.3 is 0 Å². The van der Waals surface area contributed by atoms with Gasteiger partial charge in [0.2, 0.25) is 0 Å². The second-order valence-corrected chi connectivity index (χ2v) is 4.18.